The summed E-state index contributed by atoms with van der Waals surface area (Å²) in [5.74, 6) is -4.99. The second-order valence-corrected chi connectivity index (χ2v) is 5.40. The monoisotopic (exact) mass is 303 g/mol. The lowest BCUT2D eigenvalue weighted by Gasteiger charge is -2.09. The fraction of sp³-hybridized carbons (Fsp3) is 0. The molecule has 0 unspecified atom stereocenters. The Kier molecular flexibility index (Phi) is 3.53. The first kappa shape index (κ1) is 14.1. The zero-order valence-corrected chi connectivity index (χ0v) is 10.6. The van der Waals surface area contributed by atoms with Crippen LogP contribution >= 0.6 is 0 Å². The number of nitrogens with two attached hydrogens (primary N) is 1. The number of nitrogens with one attached hydrogen (secondary N) is 1. The van der Waals surface area contributed by atoms with Crippen LogP contribution in [-0.2, 0) is 10.0 Å². The molecule has 0 aliphatic heterocycles. The summed E-state index contributed by atoms with van der Waals surface area (Å²) in [6, 6.07) is 3.53. The first-order chi connectivity index (χ1) is 9.31. The molecule has 2 rings (SSSR count). The van der Waals surface area contributed by atoms with E-state index in [4.69, 9.17) is 5.73 Å². The van der Waals surface area contributed by atoms with E-state index in [1.165, 1.54) is 18.3 Å². The number of nitrogens with zero attached hydrogens (tertiary/aromatic N) is 1. The highest BCUT2D eigenvalue weighted by Crippen LogP contribution is 2.22. The van der Waals surface area contributed by atoms with E-state index in [-0.39, 0.29) is 10.7 Å². The number of aromatic nitrogens is 1. The van der Waals surface area contributed by atoms with Crippen LogP contribution in [0.3, 0.4) is 0 Å². The second-order valence-electron chi connectivity index (χ2n) is 3.75. The van der Waals surface area contributed by atoms with Crippen molar-refractivity contribution in [2.75, 3.05) is 10.5 Å². The normalized spacial score (nSPS) is 11.3. The van der Waals surface area contributed by atoms with Crippen LogP contribution in [0.15, 0.2) is 35.4 Å². The van der Waals surface area contributed by atoms with E-state index in [1.807, 2.05) is 4.72 Å². The van der Waals surface area contributed by atoms with Gasteiger partial charge in [-0.2, -0.15) is 0 Å². The SMILES string of the molecule is Nc1ncccc1S(=O)(=O)Nc1cc(F)c(F)c(F)c1. The number of halogens is 3. The molecular formula is C11H8F3N3O2S. The molecule has 0 aliphatic carbocycles. The van der Waals surface area contributed by atoms with Crippen LogP contribution in [0.2, 0.25) is 0 Å². The Morgan fingerprint density at radius 2 is 1.75 bits per heavy atom. The van der Waals surface area contributed by atoms with Crippen molar-refractivity contribution < 1.29 is 21.6 Å². The van der Waals surface area contributed by atoms with Crippen molar-refractivity contribution in [3.05, 3.63) is 47.9 Å². The van der Waals surface area contributed by atoms with Crippen molar-refractivity contribution >= 4 is 21.5 Å². The van der Waals surface area contributed by atoms with Crippen molar-refractivity contribution in [1.82, 2.24) is 4.98 Å². The Labute approximate surface area is 112 Å². The molecule has 3 N–H and O–H groups in total. The molecule has 0 spiro atoms. The van der Waals surface area contributed by atoms with E-state index in [1.54, 1.807) is 0 Å². The third kappa shape index (κ3) is 2.67. The van der Waals surface area contributed by atoms with Crippen LogP contribution in [0.5, 0.6) is 0 Å². The van der Waals surface area contributed by atoms with Crippen LogP contribution in [0, 0.1) is 17.5 Å². The average molecular weight is 303 g/mol. The van der Waals surface area contributed by atoms with Gasteiger partial charge in [0.15, 0.2) is 17.5 Å². The molecule has 0 radical (unpaired) electrons. The summed E-state index contributed by atoms with van der Waals surface area (Å²) in [5, 5.41) is 0. The Bertz CT molecular complexity index is 742. The first-order valence-electron chi connectivity index (χ1n) is 5.19. The van der Waals surface area contributed by atoms with E-state index in [0.717, 1.165) is 0 Å². The maximum absolute atomic E-state index is 13.0. The number of hydrogen-bond acceptors (Lipinski definition) is 4. The standard InChI is InChI=1S/C11H8F3N3O2S/c12-7-4-6(5-8(13)10(7)14)17-20(18,19)9-2-1-3-16-11(9)15/h1-5,17H,(H2,15,16). The average Bonchev–Trinajstić information content (AvgIpc) is 2.35. The maximum Gasteiger partial charge on any atom is 0.265 e. The Morgan fingerprint density at radius 3 is 2.30 bits per heavy atom. The third-order valence-corrected chi connectivity index (χ3v) is 3.75. The van der Waals surface area contributed by atoms with Crippen molar-refractivity contribution in [2.24, 2.45) is 0 Å². The molecule has 2 aromatic rings. The molecule has 0 fully saturated rings. The minimum Gasteiger partial charge on any atom is -0.383 e. The summed E-state index contributed by atoms with van der Waals surface area (Å²) in [4.78, 5) is 3.23. The molecule has 9 heteroatoms. The molecule has 1 aromatic carbocycles. The van der Waals surface area contributed by atoms with E-state index >= 15 is 0 Å². The van der Waals surface area contributed by atoms with E-state index in [0.29, 0.717) is 12.1 Å². The van der Waals surface area contributed by atoms with Gasteiger partial charge in [0, 0.05) is 18.3 Å². The number of pyridine rings is 1. The molecule has 20 heavy (non-hydrogen) atoms. The summed E-state index contributed by atoms with van der Waals surface area (Å²) >= 11 is 0. The summed E-state index contributed by atoms with van der Waals surface area (Å²) < 4.78 is 64.6. The molecule has 5 nitrogen and oxygen atoms in total. The number of rotatable bonds is 3. The fourth-order valence-corrected chi connectivity index (χ4v) is 2.58. The van der Waals surface area contributed by atoms with Crippen molar-refractivity contribution in [3.8, 4) is 0 Å². The van der Waals surface area contributed by atoms with Crippen molar-refractivity contribution in [3.63, 3.8) is 0 Å². The molecule has 1 aromatic heterocycles. The molecule has 0 bridgehead atoms. The number of sulfonamides is 1. The number of benzene rings is 1. The van der Waals surface area contributed by atoms with Gasteiger partial charge in [0.25, 0.3) is 10.0 Å². The van der Waals surface area contributed by atoms with Crippen molar-refractivity contribution in [1.29, 1.82) is 0 Å². The quantitative estimate of drug-likeness (QED) is 0.848. The van der Waals surface area contributed by atoms with Gasteiger partial charge in [-0.15, -0.1) is 0 Å². The van der Waals surface area contributed by atoms with Gasteiger partial charge in [-0.25, -0.2) is 26.6 Å². The highest BCUT2D eigenvalue weighted by Gasteiger charge is 2.20. The Morgan fingerprint density at radius 1 is 1.15 bits per heavy atom. The van der Waals surface area contributed by atoms with E-state index < -0.39 is 33.2 Å². The minimum absolute atomic E-state index is 0.275. The highest BCUT2D eigenvalue weighted by atomic mass is 32.2. The Balaban J connectivity index is 2.42. The molecule has 0 saturated carbocycles. The molecule has 0 amide bonds. The minimum atomic E-state index is -4.18. The predicted octanol–water partition coefficient (Wildman–Crippen LogP) is 1.88. The lowest BCUT2D eigenvalue weighted by Crippen LogP contribution is -2.16. The lowest BCUT2D eigenvalue weighted by atomic mass is 10.3. The van der Waals surface area contributed by atoms with Gasteiger partial charge in [-0.05, 0) is 12.1 Å². The molecular weight excluding hydrogens is 295 g/mol. The predicted molar refractivity (Wildman–Crippen MR) is 65.8 cm³/mol. The van der Waals surface area contributed by atoms with Gasteiger partial charge < -0.3 is 5.73 Å². The van der Waals surface area contributed by atoms with Gasteiger partial charge in [0.2, 0.25) is 0 Å². The van der Waals surface area contributed by atoms with Gasteiger partial charge in [0.05, 0.1) is 5.69 Å². The van der Waals surface area contributed by atoms with Gasteiger partial charge >= 0.3 is 0 Å². The molecule has 0 atom stereocenters. The van der Waals surface area contributed by atoms with E-state index in [2.05, 4.69) is 4.98 Å². The largest absolute Gasteiger partial charge is 0.383 e. The van der Waals surface area contributed by atoms with E-state index in [9.17, 15) is 21.6 Å². The van der Waals surface area contributed by atoms with Crippen LogP contribution in [-0.4, -0.2) is 13.4 Å². The number of nitrogen functional groups attached to an aromatic ring is 1. The molecule has 1 heterocycles. The summed E-state index contributed by atoms with van der Waals surface area (Å²) in [6.07, 6.45) is 1.28. The summed E-state index contributed by atoms with van der Waals surface area (Å²) in [7, 11) is -4.18. The molecule has 0 aliphatic rings. The first-order valence-corrected chi connectivity index (χ1v) is 6.67. The van der Waals surface area contributed by atoms with Gasteiger partial charge in [-0.1, -0.05) is 0 Å². The zero-order chi connectivity index (χ0) is 14.9. The van der Waals surface area contributed by atoms with Gasteiger partial charge in [0.1, 0.15) is 10.7 Å². The molecule has 0 saturated heterocycles. The Hall–Kier alpha value is -2.29. The molecule has 106 valence electrons. The van der Waals surface area contributed by atoms with Crippen LogP contribution < -0.4 is 10.5 Å². The van der Waals surface area contributed by atoms with Crippen molar-refractivity contribution in [2.45, 2.75) is 4.90 Å². The van der Waals surface area contributed by atoms with Crippen LogP contribution in [0.1, 0.15) is 0 Å². The smallest absolute Gasteiger partial charge is 0.265 e. The lowest BCUT2D eigenvalue weighted by molar-refractivity contribution is 0.448. The van der Waals surface area contributed by atoms with Crippen LogP contribution in [0.25, 0.3) is 0 Å². The van der Waals surface area contributed by atoms with Gasteiger partial charge in [-0.3, -0.25) is 4.72 Å². The third-order valence-electron chi connectivity index (χ3n) is 2.33. The zero-order valence-electron chi connectivity index (χ0n) is 9.77. The summed E-state index contributed by atoms with van der Waals surface area (Å²) in [5.41, 5.74) is 4.94. The number of hydrogen-bond donors (Lipinski definition) is 2. The summed E-state index contributed by atoms with van der Waals surface area (Å²) in [6.45, 7) is 0. The van der Waals surface area contributed by atoms with Crippen LogP contribution in [0.4, 0.5) is 24.7 Å². The maximum atomic E-state index is 13.0. The fourth-order valence-electron chi connectivity index (χ4n) is 1.45. The number of anilines is 2. The highest BCUT2D eigenvalue weighted by molar-refractivity contribution is 7.92. The topological polar surface area (TPSA) is 85.1 Å². The second kappa shape index (κ2) is 5.00.